The molecule has 0 spiro atoms. The number of amides is 3. The first-order chi connectivity index (χ1) is 16.3. The summed E-state index contributed by atoms with van der Waals surface area (Å²) in [4.78, 5) is 51.9. The zero-order valence-electron chi connectivity index (χ0n) is 19.2. The highest BCUT2D eigenvalue weighted by Gasteiger charge is 2.45. The van der Waals surface area contributed by atoms with E-state index in [-0.39, 0.29) is 13.2 Å². The molecular weight excluding hydrogens is 438 g/mol. The van der Waals surface area contributed by atoms with Crippen LogP contribution in [-0.2, 0) is 32.1 Å². The van der Waals surface area contributed by atoms with Crippen molar-refractivity contribution in [3.63, 3.8) is 0 Å². The van der Waals surface area contributed by atoms with E-state index >= 15 is 0 Å². The quantitative estimate of drug-likeness (QED) is 0.514. The van der Waals surface area contributed by atoms with Gasteiger partial charge in [0.2, 0.25) is 5.91 Å². The highest BCUT2D eigenvalue weighted by Crippen LogP contribution is 2.17. The molecule has 3 amide bonds. The van der Waals surface area contributed by atoms with Crippen LogP contribution in [0.4, 0.5) is 4.79 Å². The summed E-state index contributed by atoms with van der Waals surface area (Å²) in [7, 11) is 1.44. The average molecular weight is 468 g/mol. The molecule has 34 heavy (non-hydrogen) atoms. The highest BCUT2D eigenvalue weighted by atomic mass is 16.5. The van der Waals surface area contributed by atoms with Gasteiger partial charge in [-0.05, 0) is 30.9 Å². The van der Waals surface area contributed by atoms with Crippen molar-refractivity contribution in [3.8, 4) is 0 Å². The van der Waals surface area contributed by atoms with E-state index in [2.05, 4.69) is 5.32 Å². The van der Waals surface area contributed by atoms with Crippen molar-refractivity contribution in [3.05, 3.63) is 71.8 Å². The number of hydrogen-bond donors (Lipinski definition) is 2. The Kier molecular flexibility index (Phi) is 8.37. The largest absolute Gasteiger partial charge is 0.480 e. The Hall–Kier alpha value is -3.72. The monoisotopic (exact) mass is 467 g/mol. The number of rotatable bonds is 10. The summed E-state index contributed by atoms with van der Waals surface area (Å²) in [6.45, 7) is 1.50. The molecule has 1 saturated heterocycles. The molecule has 1 fully saturated rings. The molecule has 9 heteroatoms. The minimum Gasteiger partial charge on any atom is -0.480 e. The number of aryl methyl sites for hydroxylation is 1. The van der Waals surface area contributed by atoms with Crippen molar-refractivity contribution in [1.82, 2.24) is 15.1 Å². The molecule has 0 saturated carbocycles. The van der Waals surface area contributed by atoms with Crippen LogP contribution in [0.15, 0.2) is 60.7 Å². The molecule has 1 aliphatic rings. The molecule has 0 bridgehead atoms. The molecule has 9 nitrogen and oxygen atoms in total. The van der Waals surface area contributed by atoms with Crippen LogP contribution in [0.2, 0.25) is 0 Å². The maximum atomic E-state index is 13.0. The van der Waals surface area contributed by atoms with E-state index in [9.17, 15) is 24.3 Å². The van der Waals surface area contributed by atoms with Crippen LogP contribution >= 0.6 is 0 Å². The van der Waals surface area contributed by atoms with E-state index in [1.807, 2.05) is 60.7 Å². The van der Waals surface area contributed by atoms with Gasteiger partial charge in [0.15, 0.2) is 6.04 Å². The van der Waals surface area contributed by atoms with Crippen LogP contribution in [0.25, 0.3) is 0 Å². The average Bonchev–Trinajstić information content (AvgIpc) is 3.15. The Balaban J connectivity index is 1.70. The first kappa shape index (κ1) is 24.9. The van der Waals surface area contributed by atoms with Gasteiger partial charge in [-0.1, -0.05) is 60.7 Å². The maximum absolute atomic E-state index is 13.0. The first-order valence-corrected chi connectivity index (χ1v) is 11.1. The second-order valence-electron chi connectivity index (χ2n) is 8.28. The molecule has 180 valence electrons. The first-order valence-electron chi connectivity index (χ1n) is 11.1. The van der Waals surface area contributed by atoms with Gasteiger partial charge in [0.05, 0.1) is 12.6 Å². The van der Waals surface area contributed by atoms with Crippen molar-refractivity contribution >= 4 is 23.9 Å². The SMILES string of the molecule is CC(N[C@@H](CCc1ccccc1)C(=O)OCc1ccccc1)C(=O)N1C(=O)N(C)C[C@H]1C(=O)O. The molecule has 0 radical (unpaired) electrons. The minimum absolute atomic E-state index is 0.0853. The molecule has 3 rings (SSSR count). The van der Waals surface area contributed by atoms with Crippen LogP contribution < -0.4 is 5.32 Å². The van der Waals surface area contributed by atoms with Gasteiger partial charge in [-0.3, -0.25) is 14.9 Å². The second kappa shape index (κ2) is 11.4. The van der Waals surface area contributed by atoms with Crippen LogP contribution in [0, 0.1) is 0 Å². The number of ether oxygens (including phenoxy) is 1. The fourth-order valence-corrected chi connectivity index (χ4v) is 3.81. The zero-order valence-corrected chi connectivity index (χ0v) is 19.2. The number of imide groups is 1. The number of esters is 1. The van der Waals surface area contributed by atoms with Crippen molar-refractivity contribution in [2.24, 2.45) is 0 Å². The van der Waals surface area contributed by atoms with E-state index in [1.54, 1.807) is 0 Å². The molecule has 2 N–H and O–H groups in total. The van der Waals surface area contributed by atoms with Gasteiger partial charge in [-0.2, -0.15) is 0 Å². The van der Waals surface area contributed by atoms with E-state index in [0.717, 1.165) is 16.0 Å². The Morgan fingerprint density at radius 2 is 1.65 bits per heavy atom. The number of carboxylic acid groups (broad SMARTS) is 1. The third-order valence-corrected chi connectivity index (χ3v) is 5.71. The summed E-state index contributed by atoms with van der Waals surface area (Å²) >= 11 is 0. The summed E-state index contributed by atoms with van der Waals surface area (Å²) in [5, 5.41) is 12.4. The lowest BCUT2D eigenvalue weighted by molar-refractivity contribution is -0.149. The number of carbonyl (C=O) groups is 4. The summed E-state index contributed by atoms with van der Waals surface area (Å²) < 4.78 is 5.49. The van der Waals surface area contributed by atoms with E-state index in [1.165, 1.54) is 18.9 Å². The number of urea groups is 1. The van der Waals surface area contributed by atoms with Gasteiger partial charge in [-0.15, -0.1) is 0 Å². The Bertz CT molecular complexity index is 1010. The normalized spacial score (nSPS) is 17.4. The number of nitrogens with zero attached hydrogens (tertiary/aromatic N) is 2. The number of carboxylic acids is 1. The second-order valence-corrected chi connectivity index (χ2v) is 8.28. The summed E-state index contributed by atoms with van der Waals surface area (Å²) in [6.07, 6.45) is 0.911. The number of carbonyl (C=O) groups excluding carboxylic acids is 3. The number of benzene rings is 2. The van der Waals surface area contributed by atoms with Gasteiger partial charge in [0, 0.05) is 7.05 Å². The minimum atomic E-state index is -1.28. The standard InChI is InChI=1S/C25H29N3O6/c1-17(22(29)28-21(23(30)31)15-27(2)25(28)33)26-20(14-13-18-9-5-3-6-10-18)24(32)34-16-19-11-7-4-8-12-19/h3-12,17,20-21,26H,13-16H2,1-2H3,(H,30,31)/t17?,20-,21-/m0/s1. The van der Waals surface area contributed by atoms with Crippen molar-refractivity contribution < 1.29 is 29.0 Å². The lowest BCUT2D eigenvalue weighted by Gasteiger charge is -2.26. The Labute approximate surface area is 198 Å². The summed E-state index contributed by atoms with van der Waals surface area (Å²) in [5.41, 5.74) is 1.85. The summed E-state index contributed by atoms with van der Waals surface area (Å²) in [5.74, 6) is -2.50. The lowest BCUT2D eigenvalue weighted by Crippen LogP contribution is -2.54. The zero-order chi connectivity index (χ0) is 24.7. The van der Waals surface area contributed by atoms with Gasteiger partial charge in [0.25, 0.3) is 0 Å². The predicted octanol–water partition coefficient (Wildman–Crippen LogP) is 2.06. The summed E-state index contributed by atoms with van der Waals surface area (Å²) in [6, 6.07) is 15.1. The Morgan fingerprint density at radius 1 is 1.06 bits per heavy atom. The van der Waals surface area contributed by atoms with Gasteiger partial charge >= 0.3 is 18.0 Å². The van der Waals surface area contributed by atoms with E-state index < -0.39 is 42.0 Å². The molecule has 1 unspecified atom stereocenters. The van der Waals surface area contributed by atoms with E-state index in [0.29, 0.717) is 12.8 Å². The van der Waals surface area contributed by atoms with Crippen molar-refractivity contribution in [2.45, 2.75) is 44.5 Å². The van der Waals surface area contributed by atoms with Crippen molar-refractivity contribution in [2.75, 3.05) is 13.6 Å². The fourth-order valence-electron chi connectivity index (χ4n) is 3.81. The number of likely N-dealkylation sites (N-methyl/N-ethyl adjacent to an activating group) is 1. The van der Waals surface area contributed by atoms with Gasteiger partial charge in [0.1, 0.15) is 12.6 Å². The van der Waals surface area contributed by atoms with Crippen LogP contribution in [0.5, 0.6) is 0 Å². The fraction of sp³-hybridized carbons (Fsp3) is 0.360. The van der Waals surface area contributed by atoms with Crippen LogP contribution in [0.3, 0.4) is 0 Å². The van der Waals surface area contributed by atoms with Crippen molar-refractivity contribution in [1.29, 1.82) is 0 Å². The molecule has 1 heterocycles. The smallest absolute Gasteiger partial charge is 0.328 e. The van der Waals surface area contributed by atoms with Crippen LogP contribution in [-0.4, -0.2) is 70.5 Å². The number of nitrogens with one attached hydrogen (secondary N) is 1. The molecular formula is C25H29N3O6. The predicted molar refractivity (Wildman–Crippen MR) is 124 cm³/mol. The Morgan fingerprint density at radius 3 is 2.24 bits per heavy atom. The van der Waals surface area contributed by atoms with Crippen LogP contribution in [0.1, 0.15) is 24.5 Å². The topological polar surface area (TPSA) is 116 Å². The third-order valence-electron chi connectivity index (χ3n) is 5.71. The molecule has 0 aromatic heterocycles. The molecule has 3 atom stereocenters. The lowest BCUT2D eigenvalue weighted by atomic mass is 10.0. The van der Waals surface area contributed by atoms with Gasteiger partial charge < -0.3 is 14.7 Å². The maximum Gasteiger partial charge on any atom is 0.328 e. The van der Waals surface area contributed by atoms with Gasteiger partial charge in [-0.25, -0.2) is 14.5 Å². The molecule has 0 aliphatic carbocycles. The van der Waals surface area contributed by atoms with E-state index in [4.69, 9.17) is 4.74 Å². The number of hydrogen-bond acceptors (Lipinski definition) is 6. The number of aliphatic carboxylic acids is 1. The highest BCUT2D eigenvalue weighted by molar-refractivity contribution is 6.02. The molecule has 2 aromatic carbocycles. The molecule has 1 aliphatic heterocycles. The third kappa shape index (κ3) is 6.20. The molecule has 2 aromatic rings.